The zero-order valence-electron chi connectivity index (χ0n) is 12.1. The third kappa shape index (κ3) is 2.98. The molecule has 8 heteroatoms. The Hall–Kier alpha value is -3.16. The van der Waals surface area contributed by atoms with E-state index in [4.69, 9.17) is 0 Å². The maximum atomic E-state index is 12.6. The number of imidazole rings is 1. The van der Waals surface area contributed by atoms with E-state index in [9.17, 15) is 23.3 Å². The van der Waals surface area contributed by atoms with Crippen LogP contribution in [0.25, 0.3) is 16.9 Å². The zero-order valence-corrected chi connectivity index (χ0v) is 12.1. The molecule has 0 saturated carbocycles. The molecule has 0 aliphatic carbocycles. The maximum Gasteiger partial charge on any atom is 0.416 e. The lowest BCUT2D eigenvalue weighted by atomic mass is 10.1. The minimum absolute atomic E-state index is 0.0890. The Balaban J connectivity index is 1.96. The van der Waals surface area contributed by atoms with E-state index in [0.717, 1.165) is 12.1 Å². The summed E-state index contributed by atoms with van der Waals surface area (Å²) < 4.78 is 39.2. The number of nitro benzene ring substituents is 1. The van der Waals surface area contributed by atoms with Gasteiger partial charge in [-0.2, -0.15) is 13.2 Å². The summed E-state index contributed by atoms with van der Waals surface area (Å²) in [7, 11) is 0. The predicted molar refractivity (Wildman–Crippen MR) is 80.7 cm³/mol. The van der Waals surface area contributed by atoms with Crippen molar-refractivity contribution in [3.63, 3.8) is 0 Å². The molecular weight excluding hydrogens is 323 g/mol. The lowest BCUT2D eigenvalue weighted by Crippen LogP contribution is -2.03. The molecule has 1 heterocycles. The summed E-state index contributed by atoms with van der Waals surface area (Å²) in [6.45, 7) is 0. The average molecular weight is 333 g/mol. The second kappa shape index (κ2) is 5.80. The van der Waals surface area contributed by atoms with E-state index in [1.54, 1.807) is 18.2 Å². The molecule has 0 saturated heterocycles. The lowest BCUT2D eigenvalue weighted by molar-refractivity contribution is -0.384. The first kappa shape index (κ1) is 15.7. The topological polar surface area (TPSA) is 61.0 Å². The van der Waals surface area contributed by atoms with Gasteiger partial charge in [0.2, 0.25) is 0 Å². The van der Waals surface area contributed by atoms with Crippen LogP contribution in [0.15, 0.2) is 61.1 Å². The van der Waals surface area contributed by atoms with Crippen molar-refractivity contribution in [2.24, 2.45) is 0 Å². The summed E-state index contributed by atoms with van der Waals surface area (Å²) in [6, 6.07) is 10.7. The minimum Gasteiger partial charge on any atom is -0.300 e. The number of hydrogen-bond acceptors (Lipinski definition) is 3. The number of nitro groups is 1. The van der Waals surface area contributed by atoms with Crippen molar-refractivity contribution in [2.75, 3.05) is 0 Å². The quantitative estimate of drug-likeness (QED) is 0.525. The Morgan fingerprint density at radius 1 is 1.04 bits per heavy atom. The summed E-state index contributed by atoms with van der Waals surface area (Å²) >= 11 is 0. The fourth-order valence-corrected chi connectivity index (χ4v) is 2.27. The molecule has 0 unspecified atom stereocenters. The van der Waals surface area contributed by atoms with Crippen LogP contribution in [0.2, 0.25) is 0 Å². The van der Waals surface area contributed by atoms with Crippen molar-refractivity contribution in [3.05, 3.63) is 76.7 Å². The molecular formula is C16H10F3N3O2. The van der Waals surface area contributed by atoms with Crippen molar-refractivity contribution in [1.29, 1.82) is 0 Å². The van der Waals surface area contributed by atoms with E-state index in [1.807, 2.05) is 0 Å². The summed E-state index contributed by atoms with van der Waals surface area (Å²) in [5, 5.41) is 11.1. The van der Waals surface area contributed by atoms with Gasteiger partial charge in [0.25, 0.3) is 5.69 Å². The van der Waals surface area contributed by atoms with Gasteiger partial charge in [-0.15, -0.1) is 0 Å². The molecule has 0 aliphatic heterocycles. The van der Waals surface area contributed by atoms with Crippen LogP contribution in [0, 0.1) is 10.1 Å². The first-order chi connectivity index (χ1) is 11.4. The van der Waals surface area contributed by atoms with Crippen LogP contribution < -0.4 is 0 Å². The van der Waals surface area contributed by atoms with Crippen LogP contribution in [-0.2, 0) is 6.18 Å². The van der Waals surface area contributed by atoms with Gasteiger partial charge in [-0.1, -0.05) is 24.3 Å². The molecule has 3 rings (SSSR count). The van der Waals surface area contributed by atoms with Gasteiger partial charge in [0.1, 0.15) is 12.0 Å². The molecule has 24 heavy (non-hydrogen) atoms. The minimum atomic E-state index is -4.40. The first-order valence-corrected chi connectivity index (χ1v) is 6.81. The summed E-state index contributed by atoms with van der Waals surface area (Å²) in [5.74, 6) is 0. The van der Waals surface area contributed by atoms with Gasteiger partial charge in [-0.3, -0.25) is 14.7 Å². The smallest absolute Gasteiger partial charge is 0.300 e. The van der Waals surface area contributed by atoms with Crippen LogP contribution in [-0.4, -0.2) is 14.5 Å². The molecule has 0 fully saturated rings. The average Bonchev–Trinajstić information content (AvgIpc) is 3.04. The van der Waals surface area contributed by atoms with Crippen LogP contribution in [0.1, 0.15) is 5.56 Å². The monoisotopic (exact) mass is 333 g/mol. The van der Waals surface area contributed by atoms with E-state index in [2.05, 4.69) is 4.98 Å². The van der Waals surface area contributed by atoms with Crippen molar-refractivity contribution < 1.29 is 18.1 Å². The Morgan fingerprint density at radius 3 is 2.33 bits per heavy atom. The van der Waals surface area contributed by atoms with Crippen molar-refractivity contribution >= 4 is 5.69 Å². The Kier molecular flexibility index (Phi) is 3.80. The molecule has 0 radical (unpaired) electrons. The Labute approximate surface area is 134 Å². The second-order valence-electron chi connectivity index (χ2n) is 4.99. The Morgan fingerprint density at radius 2 is 1.71 bits per heavy atom. The number of alkyl halides is 3. The van der Waals surface area contributed by atoms with E-state index < -0.39 is 16.7 Å². The van der Waals surface area contributed by atoms with Gasteiger partial charge in [-0.25, -0.2) is 4.98 Å². The van der Waals surface area contributed by atoms with E-state index in [0.29, 0.717) is 16.9 Å². The standard InChI is InChI=1S/C16H10F3N3O2/c17-16(18,19)12-7-5-11(6-8-12)13-9-21(10-20-13)14-3-1-2-4-15(14)22(23)24/h1-10H. The van der Waals surface area contributed by atoms with Crippen molar-refractivity contribution in [3.8, 4) is 16.9 Å². The largest absolute Gasteiger partial charge is 0.416 e. The molecule has 0 N–H and O–H groups in total. The fourth-order valence-electron chi connectivity index (χ4n) is 2.27. The van der Waals surface area contributed by atoms with Crippen LogP contribution in [0.4, 0.5) is 18.9 Å². The molecule has 0 bridgehead atoms. The van der Waals surface area contributed by atoms with Crippen LogP contribution in [0.5, 0.6) is 0 Å². The van der Waals surface area contributed by atoms with Crippen molar-refractivity contribution in [2.45, 2.75) is 6.18 Å². The van der Waals surface area contributed by atoms with E-state index >= 15 is 0 Å². The van der Waals surface area contributed by atoms with Crippen LogP contribution >= 0.6 is 0 Å². The number of nitrogens with zero attached hydrogens (tertiary/aromatic N) is 3. The second-order valence-corrected chi connectivity index (χ2v) is 4.99. The summed E-state index contributed by atoms with van der Waals surface area (Å²) in [4.78, 5) is 14.7. The maximum absolute atomic E-state index is 12.6. The highest BCUT2D eigenvalue weighted by molar-refractivity contribution is 5.61. The number of halogens is 3. The summed E-state index contributed by atoms with van der Waals surface area (Å²) in [6.07, 6.45) is -1.48. The zero-order chi connectivity index (χ0) is 17.3. The molecule has 0 atom stereocenters. The summed E-state index contributed by atoms with van der Waals surface area (Å²) in [5.41, 5.74) is 0.397. The number of benzene rings is 2. The highest BCUT2D eigenvalue weighted by Crippen LogP contribution is 2.31. The molecule has 0 amide bonds. The molecule has 3 aromatic rings. The first-order valence-electron chi connectivity index (χ1n) is 6.81. The highest BCUT2D eigenvalue weighted by Gasteiger charge is 2.30. The number of aromatic nitrogens is 2. The number of rotatable bonds is 3. The third-order valence-corrected chi connectivity index (χ3v) is 3.45. The molecule has 0 spiro atoms. The van der Waals surface area contributed by atoms with Gasteiger partial charge < -0.3 is 0 Å². The van der Waals surface area contributed by atoms with Gasteiger partial charge in [0.05, 0.1) is 16.2 Å². The SMILES string of the molecule is O=[N+]([O-])c1ccccc1-n1cnc(-c2ccc(C(F)(F)F)cc2)c1. The molecule has 2 aromatic carbocycles. The lowest BCUT2D eigenvalue weighted by Gasteiger charge is -2.06. The van der Waals surface area contributed by atoms with Gasteiger partial charge in [0.15, 0.2) is 0 Å². The van der Waals surface area contributed by atoms with Gasteiger partial charge >= 0.3 is 6.18 Å². The van der Waals surface area contributed by atoms with Gasteiger partial charge in [-0.05, 0) is 18.2 Å². The number of para-hydroxylation sites is 2. The molecule has 122 valence electrons. The number of hydrogen-bond donors (Lipinski definition) is 0. The molecule has 1 aromatic heterocycles. The predicted octanol–water partition coefficient (Wildman–Crippen LogP) is 4.47. The van der Waals surface area contributed by atoms with Crippen molar-refractivity contribution in [1.82, 2.24) is 9.55 Å². The fraction of sp³-hybridized carbons (Fsp3) is 0.0625. The van der Waals surface area contributed by atoms with E-state index in [1.165, 1.54) is 35.3 Å². The van der Waals surface area contributed by atoms with E-state index in [-0.39, 0.29) is 5.69 Å². The highest BCUT2D eigenvalue weighted by atomic mass is 19.4. The molecule has 5 nitrogen and oxygen atoms in total. The normalized spacial score (nSPS) is 11.5. The van der Waals surface area contributed by atoms with Crippen LogP contribution in [0.3, 0.4) is 0 Å². The van der Waals surface area contributed by atoms with Gasteiger partial charge in [0, 0.05) is 17.8 Å². The molecule has 0 aliphatic rings. The Bertz CT molecular complexity index is 886. The third-order valence-electron chi connectivity index (χ3n) is 3.45.